The number of anilines is 1. The summed E-state index contributed by atoms with van der Waals surface area (Å²) in [5.74, 6) is 2.04. The van der Waals surface area contributed by atoms with E-state index in [1.807, 2.05) is 12.3 Å². The van der Waals surface area contributed by atoms with E-state index in [-0.39, 0.29) is 0 Å². The summed E-state index contributed by atoms with van der Waals surface area (Å²) in [5, 5.41) is 0. The first kappa shape index (κ1) is 12.9. The predicted octanol–water partition coefficient (Wildman–Crippen LogP) is 4.25. The highest BCUT2D eigenvalue weighted by Gasteiger charge is 2.18. The molecule has 0 spiro atoms. The van der Waals surface area contributed by atoms with Gasteiger partial charge in [-0.2, -0.15) is 0 Å². The number of hydrogen-bond acceptors (Lipinski definition) is 2. The Morgan fingerprint density at radius 3 is 3.06 bits per heavy atom. The summed E-state index contributed by atoms with van der Waals surface area (Å²) in [5.41, 5.74) is 0. The van der Waals surface area contributed by atoms with Gasteiger partial charge in [-0.1, -0.05) is 19.8 Å². The SMILES string of the molecule is CCCC1CCCN(c2ncccc2Br)CC1. The number of pyridine rings is 1. The van der Waals surface area contributed by atoms with Gasteiger partial charge in [-0.05, 0) is 53.2 Å². The monoisotopic (exact) mass is 296 g/mol. The summed E-state index contributed by atoms with van der Waals surface area (Å²) in [6, 6.07) is 4.06. The molecule has 1 unspecified atom stereocenters. The number of rotatable bonds is 3. The lowest BCUT2D eigenvalue weighted by Crippen LogP contribution is -2.25. The van der Waals surface area contributed by atoms with Gasteiger partial charge in [0.2, 0.25) is 0 Å². The molecular formula is C14H21BrN2. The summed E-state index contributed by atoms with van der Waals surface area (Å²) < 4.78 is 1.12. The van der Waals surface area contributed by atoms with Crippen molar-refractivity contribution in [3.63, 3.8) is 0 Å². The van der Waals surface area contributed by atoms with Crippen LogP contribution in [-0.2, 0) is 0 Å². The van der Waals surface area contributed by atoms with Crippen molar-refractivity contribution in [3.8, 4) is 0 Å². The Morgan fingerprint density at radius 1 is 1.41 bits per heavy atom. The van der Waals surface area contributed by atoms with Crippen LogP contribution in [0.3, 0.4) is 0 Å². The summed E-state index contributed by atoms with van der Waals surface area (Å²) in [4.78, 5) is 6.92. The Morgan fingerprint density at radius 2 is 2.29 bits per heavy atom. The zero-order valence-corrected chi connectivity index (χ0v) is 12.1. The van der Waals surface area contributed by atoms with Gasteiger partial charge in [-0.3, -0.25) is 0 Å². The molecule has 1 aliphatic rings. The van der Waals surface area contributed by atoms with Crippen molar-refractivity contribution < 1.29 is 0 Å². The minimum absolute atomic E-state index is 0.924. The van der Waals surface area contributed by atoms with Gasteiger partial charge in [0.15, 0.2) is 0 Å². The molecule has 0 aliphatic carbocycles. The Bertz CT molecular complexity index is 354. The molecule has 94 valence electrons. The van der Waals surface area contributed by atoms with Crippen LogP contribution in [0.25, 0.3) is 0 Å². The lowest BCUT2D eigenvalue weighted by molar-refractivity contribution is 0.435. The number of nitrogens with zero attached hydrogens (tertiary/aromatic N) is 2. The van der Waals surface area contributed by atoms with Crippen molar-refractivity contribution >= 4 is 21.7 Å². The molecule has 0 amide bonds. The molecule has 1 fully saturated rings. The molecule has 2 nitrogen and oxygen atoms in total. The summed E-state index contributed by atoms with van der Waals surface area (Å²) >= 11 is 3.60. The van der Waals surface area contributed by atoms with Crippen LogP contribution in [0, 0.1) is 5.92 Å². The van der Waals surface area contributed by atoms with Gasteiger partial charge in [0, 0.05) is 19.3 Å². The molecule has 2 heterocycles. The van der Waals surface area contributed by atoms with Gasteiger partial charge < -0.3 is 4.90 Å². The second kappa shape index (κ2) is 6.39. The van der Waals surface area contributed by atoms with E-state index in [2.05, 4.69) is 38.8 Å². The molecule has 1 aromatic rings. The molecule has 3 heteroatoms. The van der Waals surface area contributed by atoms with Crippen LogP contribution in [0.5, 0.6) is 0 Å². The summed E-state index contributed by atoms with van der Waals surface area (Å²) in [6.07, 6.45) is 8.59. The van der Waals surface area contributed by atoms with Crippen molar-refractivity contribution in [1.29, 1.82) is 0 Å². The van der Waals surface area contributed by atoms with Crippen molar-refractivity contribution in [3.05, 3.63) is 22.8 Å². The zero-order valence-electron chi connectivity index (χ0n) is 10.5. The molecule has 0 N–H and O–H groups in total. The van der Waals surface area contributed by atoms with E-state index >= 15 is 0 Å². The normalized spacial score (nSPS) is 21.3. The first-order valence-electron chi connectivity index (χ1n) is 6.66. The fourth-order valence-corrected chi connectivity index (χ4v) is 3.19. The van der Waals surface area contributed by atoms with Crippen LogP contribution in [0.15, 0.2) is 22.8 Å². The topological polar surface area (TPSA) is 16.1 Å². The fraction of sp³-hybridized carbons (Fsp3) is 0.643. The van der Waals surface area contributed by atoms with E-state index in [4.69, 9.17) is 0 Å². The van der Waals surface area contributed by atoms with E-state index in [1.165, 1.54) is 32.1 Å². The van der Waals surface area contributed by atoms with Crippen molar-refractivity contribution in [1.82, 2.24) is 4.98 Å². The van der Waals surface area contributed by atoms with Crippen molar-refractivity contribution in [2.45, 2.75) is 39.0 Å². The number of hydrogen-bond donors (Lipinski definition) is 0. The Balaban J connectivity index is 2.01. The highest BCUT2D eigenvalue weighted by atomic mass is 79.9. The smallest absolute Gasteiger partial charge is 0.142 e. The highest BCUT2D eigenvalue weighted by molar-refractivity contribution is 9.10. The molecular weight excluding hydrogens is 276 g/mol. The summed E-state index contributed by atoms with van der Waals surface area (Å²) in [6.45, 7) is 4.59. The maximum Gasteiger partial charge on any atom is 0.142 e. The van der Waals surface area contributed by atoms with Crippen LogP contribution in [0.2, 0.25) is 0 Å². The van der Waals surface area contributed by atoms with Gasteiger partial charge in [-0.15, -0.1) is 0 Å². The largest absolute Gasteiger partial charge is 0.356 e. The molecule has 1 aromatic heterocycles. The zero-order chi connectivity index (χ0) is 12.1. The molecule has 0 saturated carbocycles. The van der Waals surface area contributed by atoms with Crippen LogP contribution in [0.4, 0.5) is 5.82 Å². The third-order valence-corrected chi connectivity index (χ3v) is 4.20. The van der Waals surface area contributed by atoms with Gasteiger partial charge in [0.1, 0.15) is 5.82 Å². The standard InChI is InChI=1S/C14H21BrN2/c1-2-5-12-6-4-10-17(11-8-12)14-13(15)7-3-9-16-14/h3,7,9,12H,2,4-6,8,10-11H2,1H3. The predicted molar refractivity (Wildman–Crippen MR) is 76.4 cm³/mol. The number of aromatic nitrogens is 1. The molecule has 0 bridgehead atoms. The van der Waals surface area contributed by atoms with Crippen LogP contribution >= 0.6 is 15.9 Å². The Hall–Kier alpha value is -0.570. The average molecular weight is 297 g/mol. The maximum absolute atomic E-state index is 4.49. The maximum atomic E-state index is 4.49. The van der Waals surface area contributed by atoms with Gasteiger partial charge >= 0.3 is 0 Å². The summed E-state index contributed by atoms with van der Waals surface area (Å²) in [7, 11) is 0. The second-order valence-electron chi connectivity index (χ2n) is 4.88. The lowest BCUT2D eigenvalue weighted by Gasteiger charge is -2.22. The molecule has 1 saturated heterocycles. The van der Waals surface area contributed by atoms with E-state index in [0.29, 0.717) is 0 Å². The molecule has 1 aliphatic heterocycles. The molecule has 0 radical (unpaired) electrons. The first-order valence-corrected chi connectivity index (χ1v) is 7.46. The highest BCUT2D eigenvalue weighted by Crippen LogP contribution is 2.28. The Kier molecular flexibility index (Phi) is 4.84. The Labute approximate surface area is 113 Å². The van der Waals surface area contributed by atoms with Crippen LogP contribution in [0.1, 0.15) is 39.0 Å². The van der Waals surface area contributed by atoms with Crippen LogP contribution in [-0.4, -0.2) is 18.1 Å². The van der Waals surface area contributed by atoms with E-state index < -0.39 is 0 Å². The fourth-order valence-electron chi connectivity index (χ4n) is 2.68. The second-order valence-corrected chi connectivity index (χ2v) is 5.74. The van der Waals surface area contributed by atoms with E-state index in [1.54, 1.807) is 0 Å². The van der Waals surface area contributed by atoms with Gasteiger partial charge in [-0.25, -0.2) is 4.98 Å². The van der Waals surface area contributed by atoms with Crippen molar-refractivity contribution in [2.75, 3.05) is 18.0 Å². The first-order chi connectivity index (χ1) is 8.31. The van der Waals surface area contributed by atoms with Crippen LogP contribution < -0.4 is 4.90 Å². The molecule has 1 atom stereocenters. The minimum Gasteiger partial charge on any atom is -0.356 e. The average Bonchev–Trinajstić information content (AvgIpc) is 2.56. The van der Waals surface area contributed by atoms with Gasteiger partial charge in [0.05, 0.1) is 4.47 Å². The number of halogens is 1. The third-order valence-electron chi connectivity index (χ3n) is 3.58. The molecule has 17 heavy (non-hydrogen) atoms. The van der Waals surface area contributed by atoms with Gasteiger partial charge in [0.25, 0.3) is 0 Å². The quantitative estimate of drug-likeness (QED) is 0.829. The van der Waals surface area contributed by atoms with E-state index in [9.17, 15) is 0 Å². The van der Waals surface area contributed by atoms with E-state index in [0.717, 1.165) is 29.3 Å². The lowest BCUT2D eigenvalue weighted by atomic mass is 9.96. The molecule has 2 rings (SSSR count). The molecule has 0 aromatic carbocycles. The third kappa shape index (κ3) is 3.44. The minimum atomic E-state index is 0.924. The van der Waals surface area contributed by atoms with Crippen molar-refractivity contribution in [2.24, 2.45) is 5.92 Å².